The van der Waals surface area contributed by atoms with E-state index < -0.39 is 8.72 Å². The van der Waals surface area contributed by atoms with Gasteiger partial charge in [-0.2, -0.15) is 0 Å². The van der Waals surface area contributed by atoms with E-state index >= 15 is 0 Å². The Balaban J connectivity index is 2.72. The van der Waals surface area contributed by atoms with Crippen LogP contribution in [0.1, 0.15) is 34.1 Å². The highest BCUT2D eigenvalue weighted by Crippen LogP contribution is 2.28. The van der Waals surface area contributed by atoms with Gasteiger partial charge in [-0.05, 0) is 40.7 Å². The molecule has 0 unspecified atom stereocenters. The fourth-order valence-corrected chi connectivity index (χ4v) is 9.19. The Hall–Kier alpha value is 0.0538. The van der Waals surface area contributed by atoms with E-state index in [0.717, 1.165) is 19.3 Å². The lowest BCUT2D eigenvalue weighted by atomic mass is 10.5. The zero-order chi connectivity index (χ0) is 12.0. The minimum Gasteiger partial charge on any atom is -0.383 e. The largest absolute Gasteiger partial charge is 0.420 e. The molecular formula is C11H25NO2Si2. The molecule has 1 saturated heterocycles. The van der Waals surface area contributed by atoms with Crippen molar-refractivity contribution in [3.63, 3.8) is 0 Å². The van der Waals surface area contributed by atoms with Crippen LogP contribution in [0, 0.1) is 0 Å². The maximum absolute atomic E-state index is 6.04. The first-order chi connectivity index (χ1) is 7.68. The molecule has 0 radical (unpaired) electrons. The lowest BCUT2D eigenvalue weighted by Gasteiger charge is -2.34. The molecule has 0 aromatic heterocycles. The summed E-state index contributed by atoms with van der Waals surface area (Å²) in [6, 6.07) is 1.15. The van der Waals surface area contributed by atoms with Crippen molar-refractivity contribution in [1.29, 1.82) is 0 Å². The van der Waals surface area contributed by atoms with Gasteiger partial charge in [0.25, 0.3) is 0 Å². The van der Waals surface area contributed by atoms with Gasteiger partial charge in [-0.3, -0.25) is 0 Å². The summed E-state index contributed by atoms with van der Waals surface area (Å²) in [6.45, 7) is 11.3. The molecule has 0 aromatic carbocycles. The van der Waals surface area contributed by atoms with E-state index in [2.05, 4.69) is 38.0 Å². The van der Waals surface area contributed by atoms with Crippen LogP contribution >= 0.6 is 0 Å². The molecule has 1 aliphatic heterocycles. The Morgan fingerprint density at radius 2 is 2.00 bits per heavy atom. The van der Waals surface area contributed by atoms with E-state index in [9.17, 15) is 0 Å². The van der Waals surface area contributed by atoms with Crippen LogP contribution < -0.4 is 0 Å². The van der Waals surface area contributed by atoms with Crippen LogP contribution in [0.4, 0.5) is 0 Å². The van der Waals surface area contributed by atoms with Crippen molar-refractivity contribution in [3.05, 3.63) is 11.3 Å². The van der Waals surface area contributed by atoms with Gasteiger partial charge in [-0.15, -0.1) is 0 Å². The van der Waals surface area contributed by atoms with Crippen LogP contribution in [0.5, 0.6) is 0 Å². The lowest BCUT2D eigenvalue weighted by Crippen LogP contribution is -2.56. The lowest BCUT2D eigenvalue weighted by molar-refractivity contribution is 0.159. The van der Waals surface area contributed by atoms with Gasteiger partial charge in [0.1, 0.15) is 9.68 Å². The molecule has 5 heteroatoms. The van der Waals surface area contributed by atoms with Crippen LogP contribution in [-0.4, -0.2) is 42.4 Å². The van der Waals surface area contributed by atoms with Crippen molar-refractivity contribution in [2.45, 2.75) is 40.2 Å². The van der Waals surface area contributed by atoms with Crippen molar-refractivity contribution in [2.75, 3.05) is 19.8 Å². The molecule has 0 aliphatic carbocycles. The van der Waals surface area contributed by atoms with E-state index in [1.165, 1.54) is 18.2 Å². The molecular weight excluding hydrogens is 234 g/mol. The van der Waals surface area contributed by atoms with E-state index in [-0.39, 0.29) is 9.68 Å². The smallest absolute Gasteiger partial charge is 0.383 e. The summed E-state index contributed by atoms with van der Waals surface area (Å²) in [6.07, 6.45) is 3.48. The highest BCUT2D eigenvalue weighted by molar-refractivity contribution is 6.74. The average Bonchev–Trinajstić information content (AvgIpc) is 2.63. The van der Waals surface area contributed by atoms with Gasteiger partial charge in [-0.1, -0.05) is 11.3 Å². The molecule has 1 fully saturated rings. The van der Waals surface area contributed by atoms with Gasteiger partial charge in [0, 0.05) is 19.3 Å². The minimum absolute atomic E-state index is 0.326. The first-order valence-electron chi connectivity index (χ1n) is 6.33. The van der Waals surface area contributed by atoms with Crippen molar-refractivity contribution in [1.82, 2.24) is 4.23 Å². The summed E-state index contributed by atoms with van der Waals surface area (Å²) in [7, 11) is -2.31. The van der Waals surface area contributed by atoms with E-state index in [0.29, 0.717) is 0 Å². The fraction of sp³-hybridized carbons (Fsp3) is 0.818. The highest BCUT2D eigenvalue weighted by atomic mass is 28.4. The topological polar surface area (TPSA) is 21.7 Å². The standard InChI is InChI=1S/C11H25NO2Si2/c1-5-11(4)15-12-9-8-10-16(12,13-6-2)14-7-3/h5H,6-10,15H2,1-4H3. The molecule has 0 saturated carbocycles. The summed E-state index contributed by atoms with van der Waals surface area (Å²) in [5.74, 6) is 0. The molecule has 16 heavy (non-hydrogen) atoms. The second-order valence-corrected chi connectivity index (χ2v) is 10.2. The number of hydrogen-bond acceptors (Lipinski definition) is 3. The maximum Gasteiger partial charge on any atom is 0.420 e. The first kappa shape index (κ1) is 14.1. The molecule has 0 aromatic rings. The minimum atomic E-state index is -1.99. The summed E-state index contributed by atoms with van der Waals surface area (Å²) >= 11 is 0. The fourth-order valence-electron chi connectivity index (χ4n) is 2.23. The number of rotatable bonds is 6. The van der Waals surface area contributed by atoms with Crippen molar-refractivity contribution < 1.29 is 8.85 Å². The molecule has 0 amide bonds. The van der Waals surface area contributed by atoms with Crippen LogP contribution in [0.3, 0.4) is 0 Å². The van der Waals surface area contributed by atoms with Gasteiger partial charge >= 0.3 is 8.72 Å². The third kappa shape index (κ3) is 3.27. The van der Waals surface area contributed by atoms with Crippen LogP contribution in [0.2, 0.25) is 6.04 Å². The van der Waals surface area contributed by atoms with Crippen LogP contribution in [0.25, 0.3) is 0 Å². The van der Waals surface area contributed by atoms with E-state index in [4.69, 9.17) is 8.85 Å². The molecule has 0 spiro atoms. The first-order valence-corrected chi connectivity index (χ1v) is 9.64. The number of allylic oxidation sites excluding steroid dienone is 2. The van der Waals surface area contributed by atoms with E-state index in [1.54, 1.807) is 0 Å². The summed E-state index contributed by atoms with van der Waals surface area (Å²) in [5, 5.41) is 1.54. The normalized spacial score (nSPS) is 22.4. The Labute approximate surface area is 103 Å². The number of hydrogen-bond donors (Lipinski definition) is 0. The van der Waals surface area contributed by atoms with Gasteiger partial charge < -0.3 is 13.1 Å². The average molecular weight is 259 g/mol. The molecule has 0 atom stereocenters. The molecule has 1 rings (SSSR count). The highest BCUT2D eigenvalue weighted by Gasteiger charge is 2.47. The Morgan fingerprint density at radius 3 is 2.50 bits per heavy atom. The molecule has 1 aliphatic rings. The summed E-state index contributed by atoms with van der Waals surface area (Å²) < 4.78 is 14.7. The van der Waals surface area contributed by atoms with Crippen LogP contribution in [-0.2, 0) is 8.85 Å². The van der Waals surface area contributed by atoms with Crippen molar-refractivity contribution >= 4 is 18.4 Å². The van der Waals surface area contributed by atoms with Crippen molar-refractivity contribution in [2.24, 2.45) is 0 Å². The van der Waals surface area contributed by atoms with E-state index in [1.807, 2.05) is 0 Å². The molecule has 0 bridgehead atoms. The quantitative estimate of drug-likeness (QED) is 0.678. The maximum atomic E-state index is 6.04. The van der Waals surface area contributed by atoms with Gasteiger partial charge in [0.15, 0.2) is 0 Å². The third-order valence-corrected chi connectivity index (χ3v) is 10.3. The number of nitrogens with zero attached hydrogens (tertiary/aromatic N) is 1. The molecule has 0 N–H and O–H groups in total. The second kappa shape index (κ2) is 6.71. The Morgan fingerprint density at radius 1 is 1.38 bits per heavy atom. The van der Waals surface area contributed by atoms with Gasteiger partial charge in [0.2, 0.25) is 0 Å². The molecule has 1 heterocycles. The summed E-state index contributed by atoms with van der Waals surface area (Å²) in [5.41, 5.74) is 0. The molecule has 3 nitrogen and oxygen atoms in total. The monoisotopic (exact) mass is 259 g/mol. The SMILES string of the molecule is CC=C(C)[SiH2]N1CCC[Si]1(OCC)OCC. The summed E-state index contributed by atoms with van der Waals surface area (Å²) in [4.78, 5) is 0. The third-order valence-electron chi connectivity index (χ3n) is 3.08. The predicted molar refractivity (Wildman–Crippen MR) is 73.1 cm³/mol. The predicted octanol–water partition coefficient (Wildman–Crippen LogP) is 1.71. The Bertz CT molecular complexity index is 240. The van der Waals surface area contributed by atoms with Crippen molar-refractivity contribution in [3.8, 4) is 0 Å². The van der Waals surface area contributed by atoms with Gasteiger partial charge in [-0.25, -0.2) is 0 Å². The second-order valence-electron chi connectivity index (χ2n) is 4.24. The Kier molecular flexibility index (Phi) is 5.92. The zero-order valence-corrected chi connectivity index (χ0v) is 13.5. The van der Waals surface area contributed by atoms with Gasteiger partial charge in [0.05, 0.1) is 0 Å². The molecule has 94 valence electrons. The zero-order valence-electron chi connectivity index (χ0n) is 11.1. The van der Waals surface area contributed by atoms with Crippen LogP contribution in [0.15, 0.2) is 11.3 Å².